The molecule has 0 aromatic rings. The molecular formula is C64H111NO18. The lowest BCUT2D eigenvalue weighted by Crippen LogP contribution is -2.66. The first-order valence-electron chi connectivity index (χ1n) is 31.7. The fourth-order valence-corrected chi connectivity index (χ4v) is 10.3. The number of amides is 1. The molecule has 19 nitrogen and oxygen atoms in total. The molecule has 0 bridgehead atoms. The Labute approximate surface area is 496 Å². The number of aliphatic hydroxyl groups is 11. The predicted molar refractivity (Wildman–Crippen MR) is 318 cm³/mol. The van der Waals surface area contributed by atoms with Crippen LogP contribution in [-0.4, -0.2) is 193 Å². The molecule has 3 heterocycles. The van der Waals surface area contributed by atoms with E-state index in [1.54, 1.807) is 12.2 Å². The Morgan fingerprint density at radius 1 is 0.446 bits per heavy atom. The second kappa shape index (κ2) is 46.4. The molecule has 0 spiro atoms. The van der Waals surface area contributed by atoms with Crippen LogP contribution in [0.5, 0.6) is 0 Å². The molecule has 1 amide bonds. The lowest BCUT2D eigenvalue weighted by molar-refractivity contribution is -0.379. The third kappa shape index (κ3) is 29.7. The number of unbranched alkanes of at least 4 members (excludes halogenated alkanes) is 20. The zero-order chi connectivity index (χ0) is 60.5. The number of rotatable bonds is 46. The molecule has 17 unspecified atom stereocenters. The zero-order valence-corrected chi connectivity index (χ0v) is 50.1. The highest BCUT2D eigenvalue weighted by molar-refractivity contribution is 5.76. The van der Waals surface area contributed by atoms with Crippen molar-refractivity contribution in [2.24, 2.45) is 0 Å². The van der Waals surface area contributed by atoms with Crippen molar-refractivity contribution in [2.45, 2.75) is 298 Å². The SMILES string of the molecule is CC/C=C\C/C=C\C/C=C\C/C=C\C/C=C\CCCCCCCCCCCCCCCCCCCCCC(=O)NC(COC1OC(CO)C(OC2OC(CO)C(OC3OC(CO)C(O)C(O)C3O)C(O)C2O)C(O)C1O)C(O)/C=C/CCC. The van der Waals surface area contributed by atoms with E-state index < -0.39 is 124 Å². The summed E-state index contributed by atoms with van der Waals surface area (Å²) >= 11 is 0. The number of ether oxygens (including phenoxy) is 6. The van der Waals surface area contributed by atoms with Gasteiger partial charge >= 0.3 is 0 Å². The minimum atomic E-state index is -1.98. The van der Waals surface area contributed by atoms with Gasteiger partial charge in [0.25, 0.3) is 0 Å². The maximum Gasteiger partial charge on any atom is 0.220 e. The van der Waals surface area contributed by atoms with E-state index in [4.69, 9.17) is 28.4 Å². The van der Waals surface area contributed by atoms with Crippen LogP contribution >= 0.6 is 0 Å². The van der Waals surface area contributed by atoms with Crippen LogP contribution in [0.15, 0.2) is 72.9 Å². The first kappa shape index (κ1) is 74.5. The monoisotopic (exact) mass is 1180 g/mol. The lowest BCUT2D eigenvalue weighted by atomic mass is 9.96. The quantitative estimate of drug-likeness (QED) is 0.0226. The molecule has 0 saturated carbocycles. The van der Waals surface area contributed by atoms with Gasteiger partial charge in [0.05, 0.1) is 38.6 Å². The molecule has 0 aromatic carbocycles. The van der Waals surface area contributed by atoms with Crippen LogP contribution in [0.4, 0.5) is 0 Å². The summed E-state index contributed by atoms with van der Waals surface area (Å²) in [6, 6.07) is -0.969. The molecule has 3 saturated heterocycles. The molecule has 3 rings (SSSR count). The van der Waals surface area contributed by atoms with Gasteiger partial charge in [-0.05, 0) is 57.8 Å². The maximum absolute atomic E-state index is 13.1. The van der Waals surface area contributed by atoms with Gasteiger partial charge in [-0.2, -0.15) is 0 Å². The van der Waals surface area contributed by atoms with Crippen LogP contribution in [0, 0.1) is 0 Å². The van der Waals surface area contributed by atoms with Crippen LogP contribution in [0.2, 0.25) is 0 Å². The van der Waals surface area contributed by atoms with E-state index >= 15 is 0 Å². The molecule has 0 aliphatic carbocycles. The largest absolute Gasteiger partial charge is 0.394 e. The minimum Gasteiger partial charge on any atom is -0.394 e. The number of nitrogens with one attached hydrogen (secondary N) is 1. The molecular weight excluding hydrogens is 1070 g/mol. The van der Waals surface area contributed by atoms with Gasteiger partial charge in [0.1, 0.15) is 73.2 Å². The Hall–Kier alpha value is -2.77. The van der Waals surface area contributed by atoms with Crippen molar-refractivity contribution < 1.29 is 89.4 Å². The van der Waals surface area contributed by atoms with Gasteiger partial charge in [0.2, 0.25) is 5.91 Å². The second-order valence-electron chi connectivity index (χ2n) is 22.5. The normalized spacial score (nSPS) is 29.9. The summed E-state index contributed by atoms with van der Waals surface area (Å²) in [5, 5.41) is 119. The third-order valence-electron chi connectivity index (χ3n) is 15.5. The number of allylic oxidation sites excluding steroid dienone is 11. The van der Waals surface area contributed by atoms with Crippen molar-refractivity contribution in [3.63, 3.8) is 0 Å². The van der Waals surface area contributed by atoms with E-state index in [1.165, 1.54) is 103 Å². The second-order valence-corrected chi connectivity index (χ2v) is 22.5. The van der Waals surface area contributed by atoms with Crippen molar-refractivity contribution >= 4 is 5.91 Å². The molecule has 19 heteroatoms. The van der Waals surface area contributed by atoms with Gasteiger partial charge in [0, 0.05) is 6.42 Å². The zero-order valence-electron chi connectivity index (χ0n) is 50.1. The van der Waals surface area contributed by atoms with Gasteiger partial charge in [-0.25, -0.2) is 0 Å². The van der Waals surface area contributed by atoms with Crippen molar-refractivity contribution in [3.8, 4) is 0 Å². The van der Waals surface area contributed by atoms with E-state index in [1.807, 2.05) is 6.92 Å². The Bertz CT molecular complexity index is 1790. The van der Waals surface area contributed by atoms with Crippen molar-refractivity contribution in [1.82, 2.24) is 5.32 Å². The topological polar surface area (TPSA) is 307 Å². The Morgan fingerprint density at radius 2 is 0.831 bits per heavy atom. The standard InChI is InChI=1S/C64H111NO18/c1-3-5-7-8-9-10-11-12-13-14-15-16-17-18-19-20-21-22-23-24-25-26-27-28-29-30-31-32-33-34-35-36-37-38-40-42-52(70)65-47(48(69)41-39-6-4-2)46-78-62-58(76)55(73)60(50(44-67)80-62)83-64-59(77)56(74)61(51(45-68)81-64)82-63-57(75)54(72)53(71)49(43-66)79-63/h5,7,9-10,12-13,15-16,18-19,39,41,47-51,53-64,66-69,71-77H,3-4,6,8,11,14,17,20-38,40,42-46H2,1-2H3,(H,65,70)/b7-5-,10-9-,13-12-,16-15-,19-18-,41-39+. The number of aliphatic hydroxyl groups excluding tert-OH is 11. The van der Waals surface area contributed by atoms with E-state index in [0.717, 1.165) is 57.8 Å². The summed E-state index contributed by atoms with van der Waals surface area (Å²) in [4.78, 5) is 13.1. The van der Waals surface area contributed by atoms with E-state index in [9.17, 15) is 61.0 Å². The van der Waals surface area contributed by atoms with Gasteiger partial charge < -0.3 is 89.9 Å². The van der Waals surface area contributed by atoms with E-state index in [2.05, 4.69) is 73.0 Å². The summed E-state index contributed by atoms with van der Waals surface area (Å²) in [6.45, 7) is 1.36. The first-order chi connectivity index (χ1) is 40.3. The van der Waals surface area contributed by atoms with E-state index in [-0.39, 0.29) is 18.9 Å². The van der Waals surface area contributed by atoms with Gasteiger partial charge in [-0.15, -0.1) is 0 Å². The molecule has 83 heavy (non-hydrogen) atoms. The molecule has 480 valence electrons. The van der Waals surface area contributed by atoms with Crippen molar-refractivity contribution in [1.29, 1.82) is 0 Å². The van der Waals surface area contributed by atoms with Crippen LogP contribution < -0.4 is 5.32 Å². The number of hydrogen-bond donors (Lipinski definition) is 12. The van der Waals surface area contributed by atoms with E-state index in [0.29, 0.717) is 12.8 Å². The minimum absolute atomic E-state index is 0.239. The first-order valence-corrected chi connectivity index (χ1v) is 31.7. The van der Waals surface area contributed by atoms with Crippen LogP contribution in [0.1, 0.15) is 194 Å². The predicted octanol–water partition coefficient (Wildman–Crippen LogP) is 6.60. The van der Waals surface area contributed by atoms with Gasteiger partial charge in [0.15, 0.2) is 18.9 Å². The smallest absolute Gasteiger partial charge is 0.220 e. The molecule has 0 radical (unpaired) electrons. The maximum atomic E-state index is 13.1. The summed E-state index contributed by atoms with van der Waals surface area (Å²) in [6.07, 6.45) is 30.5. The Kier molecular flexibility index (Phi) is 41.6. The average molecular weight is 1180 g/mol. The fraction of sp³-hybridized carbons (Fsp3) is 0.797. The molecule has 17 atom stereocenters. The number of carbonyl (C=O) groups excluding carboxylic acids is 1. The number of hydrogen-bond acceptors (Lipinski definition) is 18. The number of carbonyl (C=O) groups is 1. The lowest BCUT2D eigenvalue weighted by Gasteiger charge is -2.48. The van der Waals surface area contributed by atoms with Gasteiger partial charge in [-0.3, -0.25) is 4.79 Å². The molecule has 3 aliphatic rings. The third-order valence-corrected chi connectivity index (χ3v) is 15.5. The fourth-order valence-electron chi connectivity index (χ4n) is 10.3. The summed E-state index contributed by atoms with van der Waals surface area (Å²) in [5.41, 5.74) is 0. The van der Waals surface area contributed by atoms with Crippen LogP contribution in [0.3, 0.4) is 0 Å². The van der Waals surface area contributed by atoms with Crippen molar-refractivity contribution in [3.05, 3.63) is 72.9 Å². The molecule has 3 aliphatic heterocycles. The highest BCUT2D eigenvalue weighted by atomic mass is 16.8. The Morgan fingerprint density at radius 3 is 1.28 bits per heavy atom. The molecule has 3 fully saturated rings. The van der Waals surface area contributed by atoms with Crippen molar-refractivity contribution in [2.75, 3.05) is 26.4 Å². The summed E-state index contributed by atoms with van der Waals surface area (Å²) in [7, 11) is 0. The summed E-state index contributed by atoms with van der Waals surface area (Å²) < 4.78 is 34.0. The summed E-state index contributed by atoms with van der Waals surface area (Å²) in [5.74, 6) is -0.289. The molecule has 0 aromatic heterocycles. The Balaban J connectivity index is 1.24. The van der Waals surface area contributed by atoms with Crippen LogP contribution in [-0.2, 0) is 33.2 Å². The van der Waals surface area contributed by atoms with Crippen LogP contribution in [0.25, 0.3) is 0 Å². The molecule has 12 N–H and O–H groups in total. The highest BCUT2D eigenvalue weighted by Crippen LogP contribution is 2.33. The highest BCUT2D eigenvalue weighted by Gasteiger charge is 2.53. The van der Waals surface area contributed by atoms with Gasteiger partial charge in [-0.1, -0.05) is 202 Å². The average Bonchev–Trinajstić information content (AvgIpc) is 3.28.